The fourth-order valence-electron chi connectivity index (χ4n) is 0.990. The van der Waals surface area contributed by atoms with Crippen molar-refractivity contribution in [2.75, 3.05) is 40.3 Å². The smallest absolute Gasteiger partial charge is 0.384 e. The molecule has 1 unspecified atom stereocenters. The Kier molecular flexibility index (Phi) is 12.7. The van der Waals surface area contributed by atoms with E-state index in [2.05, 4.69) is 17.6 Å². The molecule has 9 nitrogen and oxygen atoms in total. The highest BCUT2D eigenvalue weighted by Gasteiger charge is 2.29. The van der Waals surface area contributed by atoms with Crippen molar-refractivity contribution in [3.05, 3.63) is 0 Å². The van der Waals surface area contributed by atoms with Crippen molar-refractivity contribution in [3.8, 4) is 0 Å². The Labute approximate surface area is 127 Å². The summed E-state index contributed by atoms with van der Waals surface area (Å²) in [6.45, 7) is 1.03. The van der Waals surface area contributed by atoms with Gasteiger partial charge in [-0.25, -0.2) is 9.07 Å². The second-order valence-corrected chi connectivity index (χ2v) is 7.04. The van der Waals surface area contributed by atoms with E-state index in [0.717, 1.165) is 13.4 Å². The number of methoxy groups -OCH3 is 1. The molecule has 0 amide bonds. The van der Waals surface area contributed by atoms with Crippen LogP contribution in [0.5, 0.6) is 0 Å². The van der Waals surface area contributed by atoms with Crippen LogP contribution in [0.3, 0.4) is 0 Å². The summed E-state index contributed by atoms with van der Waals surface area (Å²) >= 11 is 0. The number of hydrogen-bond acceptors (Lipinski definition) is 9. The van der Waals surface area contributed by atoms with Crippen LogP contribution in [0.1, 0.15) is 21.8 Å². The Bertz CT molecular complexity index is 457. The lowest BCUT2D eigenvalue weighted by atomic mass is 9.95. The van der Waals surface area contributed by atoms with E-state index in [1.165, 1.54) is 7.11 Å². The van der Waals surface area contributed by atoms with E-state index in [1.54, 1.807) is 6.92 Å². The lowest BCUT2D eigenvalue weighted by Crippen LogP contribution is -2.35. The van der Waals surface area contributed by atoms with E-state index in [9.17, 15) is 16.8 Å². The molecular weight excluding hydrogens is 328 g/mol. The Morgan fingerprint density at radius 2 is 1.48 bits per heavy atom. The monoisotopic (exact) mass is 354 g/mol. The molecule has 0 radical (unpaired) electrons. The summed E-state index contributed by atoms with van der Waals surface area (Å²) in [6, 6.07) is 0. The second kappa shape index (κ2) is 10.4. The zero-order valence-electron chi connectivity index (χ0n) is 11.1. The Morgan fingerprint density at radius 1 is 0.952 bits per heavy atom. The van der Waals surface area contributed by atoms with Crippen LogP contribution in [0.25, 0.3) is 0 Å². The second-order valence-electron chi connectivity index (χ2n) is 4.12. The molecule has 0 N–H and O–H groups in total. The molecule has 0 aromatic heterocycles. The van der Waals surface area contributed by atoms with E-state index in [1.807, 2.05) is 0 Å². The largest absolute Gasteiger partial charge is 0.399 e. The third-order valence-electron chi connectivity index (χ3n) is 1.83. The Morgan fingerprint density at radius 3 is 1.86 bits per heavy atom. The molecule has 0 aliphatic rings. The van der Waals surface area contributed by atoms with Gasteiger partial charge >= 0.3 is 10.4 Å². The number of ether oxygens (including phenoxy) is 1. The predicted molar refractivity (Wildman–Crippen MR) is 77.2 cm³/mol. The van der Waals surface area contributed by atoms with Crippen molar-refractivity contribution < 1.29 is 39.2 Å². The van der Waals surface area contributed by atoms with Crippen molar-refractivity contribution in [2.24, 2.45) is 5.41 Å². The molecule has 0 heterocycles. The average molecular weight is 354 g/mol. The van der Waals surface area contributed by atoms with E-state index in [-0.39, 0.29) is 34.7 Å². The molecule has 0 rings (SSSR count). The summed E-state index contributed by atoms with van der Waals surface area (Å²) in [4.78, 5) is 4.53. The number of rotatable bonds is 10. The number of hydrogen-bond donors (Lipinski definition) is 0. The SMILES string of the molecule is C.C.COCC(C)(COOS(C)(=O)=O)COS(=O)(=O)OC. The molecule has 0 saturated heterocycles. The van der Waals surface area contributed by atoms with Gasteiger partial charge in [-0.05, 0) is 0 Å². The molecular formula is C10H26O9S2. The van der Waals surface area contributed by atoms with Gasteiger partial charge in [0.05, 0.1) is 33.2 Å². The van der Waals surface area contributed by atoms with Crippen molar-refractivity contribution >= 4 is 20.5 Å². The summed E-state index contributed by atoms with van der Waals surface area (Å²) < 4.78 is 61.2. The van der Waals surface area contributed by atoms with Crippen LogP contribution in [0.15, 0.2) is 0 Å². The first-order chi connectivity index (χ1) is 8.54. The van der Waals surface area contributed by atoms with Crippen LogP contribution < -0.4 is 0 Å². The summed E-state index contributed by atoms with van der Waals surface area (Å²) in [5.41, 5.74) is -0.939. The highest BCUT2D eigenvalue weighted by atomic mass is 32.3. The first-order valence-corrected chi connectivity index (χ1v) is 8.13. The predicted octanol–water partition coefficient (Wildman–Crippen LogP) is 0.727. The summed E-state index contributed by atoms with van der Waals surface area (Å²) in [5, 5.41) is 0. The lowest BCUT2D eigenvalue weighted by molar-refractivity contribution is -0.230. The Hall–Kier alpha value is -0.300. The van der Waals surface area contributed by atoms with Crippen molar-refractivity contribution in [1.82, 2.24) is 0 Å². The van der Waals surface area contributed by atoms with Crippen LogP contribution in [-0.4, -0.2) is 57.1 Å². The first-order valence-electron chi connectivity index (χ1n) is 4.98. The van der Waals surface area contributed by atoms with Crippen molar-refractivity contribution in [3.63, 3.8) is 0 Å². The van der Waals surface area contributed by atoms with E-state index >= 15 is 0 Å². The maximum absolute atomic E-state index is 11.0. The molecule has 0 aliphatic carbocycles. The van der Waals surface area contributed by atoms with Gasteiger partial charge in [-0.2, -0.15) is 16.8 Å². The maximum Gasteiger partial charge on any atom is 0.399 e. The van der Waals surface area contributed by atoms with E-state index < -0.39 is 25.9 Å². The summed E-state index contributed by atoms with van der Waals surface area (Å²) in [7, 11) is -5.51. The normalized spacial score (nSPS) is 14.7. The standard InChI is InChI=1S/C8H18O9S2.2CH4/c1-8(5-13-2,6-15-17-18(4,9)10)7-16-19(11,12)14-3;;/h5-7H2,1-4H3;2*1H4. The summed E-state index contributed by atoms with van der Waals surface area (Å²) in [6.07, 6.45) is 0.812. The zero-order chi connectivity index (χ0) is 15.2. The van der Waals surface area contributed by atoms with Crippen LogP contribution >= 0.6 is 0 Å². The first kappa shape index (κ1) is 25.6. The molecule has 0 bridgehead atoms. The Balaban J connectivity index is -0.00000162. The van der Waals surface area contributed by atoms with Gasteiger partial charge in [0.2, 0.25) is 0 Å². The average Bonchev–Trinajstić information content (AvgIpc) is 2.25. The van der Waals surface area contributed by atoms with Crippen LogP contribution in [0.2, 0.25) is 0 Å². The van der Waals surface area contributed by atoms with Gasteiger partial charge in [-0.15, -0.1) is 4.33 Å². The van der Waals surface area contributed by atoms with Crippen molar-refractivity contribution in [1.29, 1.82) is 0 Å². The van der Waals surface area contributed by atoms with Gasteiger partial charge in [0.1, 0.15) is 0 Å². The fourth-order valence-corrected chi connectivity index (χ4v) is 1.74. The van der Waals surface area contributed by atoms with Gasteiger partial charge in [0.25, 0.3) is 10.1 Å². The molecule has 0 aliphatic heterocycles. The highest BCUT2D eigenvalue weighted by molar-refractivity contribution is 7.85. The van der Waals surface area contributed by atoms with Gasteiger partial charge in [0.15, 0.2) is 0 Å². The molecule has 0 fully saturated rings. The summed E-state index contributed by atoms with van der Waals surface area (Å²) in [5.74, 6) is 0. The molecule has 21 heavy (non-hydrogen) atoms. The van der Waals surface area contributed by atoms with E-state index in [4.69, 9.17) is 4.74 Å². The van der Waals surface area contributed by atoms with Gasteiger partial charge in [-0.3, -0.25) is 4.18 Å². The maximum atomic E-state index is 11.0. The minimum absolute atomic E-state index is 0. The fraction of sp³-hybridized carbons (Fsp3) is 1.00. The van der Waals surface area contributed by atoms with E-state index in [0.29, 0.717) is 0 Å². The molecule has 132 valence electrons. The molecule has 0 saturated carbocycles. The molecule has 1 atom stereocenters. The molecule has 0 aromatic rings. The molecule has 0 spiro atoms. The third kappa shape index (κ3) is 13.1. The minimum atomic E-state index is -4.09. The van der Waals surface area contributed by atoms with Gasteiger partial charge < -0.3 is 4.74 Å². The van der Waals surface area contributed by atoms with Gasteiger partial charge in [0, 0.05) is 12.5 Å². The zero-order valence-corrected chi connectivity index (χ0v) is 12.7. The third-order valence-corrected chi connectivity index (χ3v) is 2.99. The minimum Gasteiger partial charge on any atom is -0.384 e. The van der Waals surface area contributed by atoms with Crippen LogP contribution in [0.4, 0.5) is 0 Å². The van der Waals surface area contributed by atoms with Crippen molar-refractivity contribution in [2.45, 2.75) is 21.8 Å². The van der Waals surface area contributed by atoms with Crippen LogP contribution in [-0.2, 0) is 42.8 Å². The lowest BCUT2D eigenvalue weighted by Gasteiger charge is -2.26. The van der Waals surface area contributed by atoms with Crippen LogP contribution in [0, 0.1) is 5.41 Å². The highest BCUT2D eigenvalue weighted by Crippen LogP contribution is 2.19. The topological polar surface area (TPSA) is 114 Å². The molecule has 11 heteroatoms. The quantitative estimate of drug-likeness (QED) is 0.413. The van der Waals surface area contributed by atoms with Gasteiger partial charge in [-0.1, -0.05) is 21.8 Å². The molecule has 0 aromatic carbocycles.